The molecule has 0 saturated carbocycles. The first kappa shape index (κ1) is 21.8. The van der Waals surface area contributed by atoms with Gasteiger partial charge < -0.3 is 4.74 Å². The minimum atomic E-state index is -3.66. The van der Waals surface area contributed by atoms with Crippen LogP contribution < -0.4 is 0 Å². The van der Waals surface area contributed by atoms with E-state index in [1.165, 1.54) is 0 Å². The quantitative estimate of drug-likeness (QED) is 0.529. The predicted molar refractivity (Wildman–Crippen MR) is 124 cm³/mol. The largest absolute Gasteiger partial charge is 0.360 e. The Kier molecular flexibility index (Phi) is 6.28. The van der Waals surface area contributed by atoms with E-state index in [9.17, 15) is 8.42 Å². The Morgan fingerprint density at radius 1 is 0.903 bits per heavy atom. The van der Waals surface area contributed by atoms with Gasteiger partial charge in [0.25, 0.3) is 0 Å². The Hall–Kier alpha value is -2.47. The number of ether oxygens (including phenoxy) is 1. The zero-order chi connectivity index (χ0) is 22.0. The predicted octanol–water partition coefficient (Wildman–Crippen LogP) is 5.28. The van der Waals surface area contributed by atoms with Gasteiger partial charge in [0.05, 0.1) is 17.5 Å². The van der Waals surface area contributed by atoms with Crippen LogP contribution in [0.25, 0.3) is 11.1 Å². The van der Waals surface area contributed by atoms with E-state index < -0.39 is 16.3 Å². The van der Waals surface area contributed by atoms with E-state index >= 15 is 0 Å². The van der Waals surface area contributed by atoms with E-state index in [1.807, 2.05) is 51.1 Å². The Morgan fingerprint density at radius 3 is 2.13 bits per heavy atom. The molecular weight excluding hydrogens is 406 g/mol. The fraction of sp³-hybridized carbons (Fsp3) is 0.308. The summed E-state index contributed by atoms with van der Waals surface area (Å²) in [7, 11) is -3.66. The summed E-state index contributed by atoms with van der Waals surface area (Å²) in [5.41, 5.74) is 4.39. The van der Waals surface area contributed by atoms with Crippen LogP contribution in [0, 0.1) is 12.8 Å². The monoisotopic (exact) mass is 435 g/mol. The molecule has 0 amide bonds. The van der Waals surface area contributed by atoms with Crippen LogP contribution in [-0.4, -0.2) is 31.6 Å². The van der Waals surface area contributed by atoms with Crippen LogP contribution in [0.3, 0.4) is 0 Å². The van der Waals surface area contributed by atoms with E-state index in [1.54, 1.807) is 16.4 Å². The number of nitrogens with zero attached hydrogens (tertiary/aromatic N) is 1. The number of rotatable bonds is 6. The second-order valence-electron chi connectivity index (χ2n) is 8.51. The highest BCUT2D eigenvalue weighted by molar-refractivity contribution is 7.89. The molecule has 4 nitrogen and oxygen atoms in total. The SMILES string of the molecule is Cc1ccc(S(=O)(=O)N2[C@H](Cc3ccc(-c4ccccc4)cc3)OC[C@@H]2C(C)C)cc1. The van der Waals surface area contributed by atoms with Crippen LogP contribution in [0.2, 0.25) is 0 Å². The molecule has 3 aromatic carbocycles. The highest BCUT2D eigenvalue weighted by Gasteiger charge is 2.44. The van der Waals surface area contributed by atoms with Gasteiger partial charge in [-0.2, -0.15) is 4.31 Å². The first-order valence-corrected chi connectivity index (χ1v) is 12.2. The topological polar surface area (TPSA) is 46.6 Å². The van der Waals surface area contributed by atoms with Crippen molar-refractivity contribution in [2.24, 2.45) is 5.92 Å². The van der Waals surface area contributed by atoms with Crippen molar-refractivity contribution in [1.29, 1.82) is 0 Å². The van der Waals surface area contributed by atoms with Gasteiger partial charge in [0.2, 0.25) is 10.0 Å². The molecule has 0 radical (unpaired) electrons. The molecule has 0 bridgehead atoms. The van der Waals surface area contributed by atoms with Crippen molar-refractivity contribution in [3.05, 3.63) is 90.0 Å². The molecule has 1 fully saturated rings. The lowest BCUT2D eigenvalue weighted by molar-refractivity contribution is 0.0687. The van der Waals surface area contributed by atoms with Crippen LogP contribution in [0.5, 0.6) is 0 Å². The number of benzene rings is 3. The molecule has 0 unspecified atom stereocenters. The summed E-state index contributed by atoms with van der Waals surface area (Å²) in [6.07, 6.45) is 0.00454. The van der Waals surface area contributed by atoms with E-state index in [-0.39, 0.29) is 12.0 Å². The van der Waals surface area contributed by atoms with Crippen molar-refractivity contribution >= 4 is 10.0 Å². The van der Waals surface area contributed by atoms with Crippen LogP contribution in [0.4, 0.5) is 0 Å². The third-order valence-corrected chi connectivity index (χ3v) is 7.84. The highest BCUT2D eigenvalue weighted by Crippen LogP contribution is 2.32. The minimum Gasteiger partial charge on any atom is -0.360 e. The summed E-state index contributed by atoms with van der Waals surface area (Å²) in [6, 6.07) is 25.4. The summed E-state index contributed by atoms with van der Waals surface area (Å²) in [5, 5.41) is 0. The minimum absolute atomic E-state index is 0.158. The van der Waals surface area contributed by atoms with Gasteiger partial charge in [-0.3, -0.25) is 0 Å². The normalized spacial score (nSPS) is 19.7. The van der Waals surface area contributed by atoms with Crippen LogP contribution in [0.1, 0.15) is 25.0 Å². The summed E-state index contributed by atoms with van der Waals surface area (Å²) >= 11 is 0. The lowest BCUT2D eigenvalue weighted by Crippen LogP contribution is -2.45. The smallest absolute Gasteiger partial charge is 0.245 e. The molecule has 0 aromatic heterocycles. The van der Waals surface area contributed by atoms with E-state index in [2.05, 4.69) is 36.4 Å². The fourth-order valence-electron chi connectivity index (χ4n) is 4.04. The molecule has 0 N–H and O–H groups in total. The third-order valence-electron chi connectivity index (χ3n) is 5.91. The summed E-state index contributed by atoms with van der Waals surface area (Å²) in [6.45, 7) is 6.45. The number of hydrogen-bond acceptors (Lipinski definition) is 3. The summed E-state index contributed by atoms with van der Waals surface area (Å²) in [4.78, 5) is 0.318. The molecule has 31 heavy (non-hydrogen) atoms. The molecule has 162 valence electrons. The number of sulfonamides is 1. The standard InChI is InChI=1S/C26H29NO3S/c1-19(2)25-18-30-26(27(25)31(28,29)24-15-9-20(3)10-16-24)17-21-11-13-23(14-12-21)22-7-5-4-6-8-22/h4-16,19,25-26H,17-18H2,1-3H3/t25-,26+/m1/s1. The zero-order valence-electron chi connectivity index (χ0n) is 18.2. The summed E-state index contributed by atoms with van der Waals surface area (Å²) in [5.74, 6) is 0.158. The van der Waals surface area contributed by atoms with Crippen molar-refractivity contribution in [3.8, 4) is 11.1 Å². The van der Waals surface area contributed by atoms with E-state index in [0.717, 1.165) is 22.3 Å². The van der Waals surface area contributed by atoms with Crippen molar-refractivity contribution in [2.45, 2.75) is 44.4 Å². The zero-order valence-corrected chi connectivity index (χ0v) is 19.0. The van der Waals surface area contributed by atoms with Gasteiger partial charge in [0, 0.05) is 6.42 Å². The molecule has 1 heterocycles. The molecule has 3 aromatic rings. The van der Waals surface area contributed by atoms with Crippen molar-refractivity contribution in [2.75, 3.05) is 6.61 Å². The lowest BCUT2D eigenvalue weighted by atomic mass is 10.0. The molecule has 0 spiro atoms. The second-order valence-corrected chi connectivity index (χ2v) is 10.4. The van der Waals surface area contributed by atoms with E-state index in [0.29, 0.717) is 17.9 Å². The Balaban J connectivity index is 1.60. The summed E-state index contributed by atoms with van der Waals surface area (Å²) < 4.78 is 34.7. The lowest BCUT2D eigenvalue weighted by Gasteiger charge is -2.29. The van der Waals surface area contributed by atoms with Gasteiger partial charge in [0.15, 0.2) is 0 Å². The molecule has 4 rings (SSSR count). The van der Waals surface area contributed by atoms with Crippen LogP contribution in [-0.2, 0) is 21.2 Å². The molecule has 5 heteroatoms. The van der Waals surface area contributed by atoms with Gasteiger partial charge in [-0.15, -0.1) is 0 Å². The van der Waals surface area contributed by atoms with Gasteiger partial charge in [-0.25, -0.2) is 8.42 Å². The molecule has 1 aliphatic heterocycles. The maximum Gasteiger partial charge on any atom is 0.245 e. The molecule has 1 aliphatic rings. The van der Waals surface area contributed by atoms with Gasteiger partial charge >= 0.3 is 0 Å². The maximum atomic E-state index is 13.5. The van der Waals surface area contributed by atoms with Crippen LogP contribution >= 0.6 is 0 Å². The van der Waals surface area contributed by atoms with Crippen LogP contribution in [0.15, 0.2) is 83.8 Å². The number of aryl methyl sites for hydroxylation is 1. The molecular formula is C26H29NO3S. The highest BCUT2D eigenvalue weighted by atomic mass is 32.2. The van der Waals surface area contributed by atoms with Crippen molar-refractivity contribution < 1.29 is 13.2 Å². The molecule has 0 aliphatic carbocycles. The first-order chi connectivity index (χ1) is 14.9. The average molecular weight is 436 g/mol. The van der Waals surface area contributed by atoms with Gasteiger partial charge in [-0.05, 0) is 41.7 Å². The first-order valence-electron chi connectivity index (χ1n) is 10.7. The Morgan fingerprint density at radius 2 is 1.52 bits per heavy atom. The molecule has 1 saturated heterocycles. The Labute approximate surface area is 185 Å². The Bertz CT molecular complexity index is 1110. The second kappa shape index (κ2) is 8.95. The third kappa shape index (κ3) is 4.59. The average Bonchev–Trinajstić information content (AvgIpc) is 3.20. The van der Waals surface area contributed by atoms with Crippen molar-refractivity contribution in [1.82, 2.24) is 4.31 Å². The maximum absolute atomic E-state index is 13.5. The van der Waals surface area contributed by atoms with E-state index in [4.69, 9.17) is 4.74 Å². The number of hydrogen-bond donors (Lipinski definition) is 0. The fourth-order valence-corrected chi connectivity index (χ4v) is 5.87. The van der Waals surface area contributed by atoms with Crippen molar-refractivity contribution in [3.63, 3.8) is 0 Å². The van der Waals surface area contributed by atoms with Gasteiger partial charge in [0.1, 0.15) is 6.23 Å². The molecule has 2 atom stereocenters. The van der Waals surface area contributed by atoms with Gasteiger partial charge in [-0.1, -0.05) is 86.1 Å².